The Morgan fingerprint density at radius 1 is 1.12 bits per heavy atom. The summed E-state index contributed by atoms with van der Waals surface area (Å²) in [6.07, 6.45) is 2.41. The van der Waals surface area contributed by atoms with Crippen LogP contribution in [0.1, 0.15) is 28.0 Å². The van der Waals surface area contributed by atoms with Crippen LogP contribution in [0.15, 0.2) is 30.6 Å². The van der Waals surface area contributed by atoms with Crippen LogP contribution in [0.4, 0.5) is 11.5 Å². The topological polar surface area (TPSA) is 70.2 Å². The van der Waals surface area contributed by atoms with Gasteiger partial charge in [-0.05, 0) is 64.2 Å². The predicted octanol–water partition coefficient (Wildman–Crippen LogP) is 2.71. The summed E-state index contributed by atoms with van der Waals surface area (Å²) in [7, 11) is 4.08. The van der Waals surface area contributed by atoms with Gasteiger partial charge in [0, 0.05) is 18.3 Å². The van der Waals surface area contributed by atoms with E-state index >= 15 is 0 Å². The maximum absolute atomic E-state index is 12.3. The first kappa shape index (κ1) is 17.9. The van der Waals surface area contributed by atoms with Crippen LogP contribution in [0.5, 0.6) is 0 Å². The molecule has 2 N–H and O–H groups in total. The van der Waals surface area contributed by atoms with Crippen LogP contribution >= 0.6 is 0 Å². The third-order valence-electron chi connectivity index (χ3n) is 3.75. The van der Waals surface area contributed by atoms with Gasteiger partial charge in [0.15, 0.2) is 0 Å². The third-order valence-corrected chi connectivity index (χ3v) is 3.75. The van der Waals surface area contributed by atoms with E-state index < -0.39 is 0 Å². The Kier molecular flexibility index (Phi) is 6.26. The van der Waals surface area contributed by atoms with E-state index in [1.54, 1.807) is 6.07 Å². The first-order valence-corrected chi connectivity index (χ1v) is 8.05. The zero-order valence-electron chi connectivity index (χ0n) is 14.8. The van der Waals surface area contributed by atoms with Crippen molar-refractivity contribution in [1.82, 2.24) is 14.9 Å². The van der Waals surface area contributed by atoms with E-state index in [1.807, 2.05) is 46.1 Å². The molecule has 1 heterocycles. The summed E-state index contributed by atoms with van der Waals surface area (Å²) in [5, 5.41) is 6.09. The number of rotatable bonds is 7. The standard InChI is InChI=1S/C18H25N5O/c1-13-6-7-15(10-14(13)2)22-18(24)16-11-17(21-12-20-16)19-8-5-9-23(3)4/h6-7,10-12H,5,8-9H2,1-4H3,(H,22,24)(H,19,20,21). The van der Waals surface area contributed by atoms with Gasteiger partial charge in [0.1, 0.15) is 17.8 Å². The second-order valence-corrected chi connectivity index (χ2v) is 6.13. The van der Waals surface area contributed by atoms with Crippen molar-refractivity contribution in [3.8, 4) is 0 Å². The fourth-order valence-electron chi connectivity index (χ4n) is 2.20. The third kappa shape index (κ3) is 5.31. The van der Waals surface area contributed by atoms with E-state index in [1.165, 1.54) is 11.9 Å². The van der Waals surface area contributed by atoms with E-state index in [0.29, 0.717) is 11.5 Å². The Balaban J connectivity index is 1.96. The van der Waals surface area contributed by atoms with Crippen molar-refractivity contribution >= 4 is 17.4 Å². The highest BCUT2D eigenvalue weighted by molar-refractivity contribution is 6.03. The number of benzene rings is 1. The molecule has 6 heteroatoms. The highest BCUT2D eigenvalue weighted by Gasteiger charge is 2.09. The molecule has 1 amide bonds. The number of aromatic nitrogens is 2. The zero-order valence-corrected chi connectivity index (χ0v) is 14.8. The average Bonchev–Trinajstić information content (AvgIpc) is 2.55. The molecule has 24 heavy (non-hydrogen) atoms. The number of nitrogens with zero attached hydrogens (tertiary/aromatic N) is 3. The van der Waals surface area contributed by atoms with Gasteiger partial charge in [0.2, 0.25) is 0 Å². The SMILES string of the molecule is Cc1ccc(NC(=O)c2cc(NCCCN(C)C)ncn2)cc1C. The molecular weight excluding hydrogens is 302 g/mol. The number of hydrogen-bond donors (Lipinski definition) is 2. The molecule has 0 fully saturated rings. The molecule has 6 nitrogen and oxygen atoms in total. The van der Waals surface area contributed by atoms with Gasteiger partial charge in [-0.3, -0.25) is 4.79 Å². The predicted molar refractivity (Wildman–Crippen MR) is 97.6 cm³/mol. The molecule has 0 saturated heterocycles. The van der Waals surface area contributed by atoms with Gasteiger partial charge in [-0.25, -0.2) is 9.97 Å². The van der Waals surface area contributed by atoms with Gasteiger partial charge in [0.05, 0.1) is 0 Å². The van der Waals surface area contributed by atoms with E-state index in [0.717, 1.165) is 30.8 Å². The number of hydrogen-bond acceptors (Lipinski definition) is 5. The molecule has 0 bridgehead atoms. The van der Waals surface area contributed by atoms with Crippen LogP contribution in [-0.4, -0.2) is 48.0 Å². The highest BCUT2D eigenvalue weighted by Crippen LogP contribution is 2.15. The molecule has 2 rings (SSSR count). The molecule has 2 aromatic rings. The average molecular weight is 327 g/mol. The van der Waals surface area contributed by atoms with Crippen LogP contribution in [-0.2, 0) is 0 Å². The van der Waals surface area contributed by atoms with Gasteiger partial charge in [-0.1, -0.05) is 6.07 Å². The van der Waals surface area contributed by atoms with Crippen LogP contribution in [0, 0.1) is 13.8 Å². The van der Waals surface area contributed by atoms with Crippen molar-refractivity contribution in [2.24, 2.45) is 0 Å². The van der Waals surface area contributed by atoms with E-state index in [9.17, 15) is 4.79 Å². The summed E-state index contributed by atoms with van der Waals surface area (Å²) in [4.78, 5) is 22.7. The second kappa shape index (κ2) is 8.40. The van der Waals surface area contributed by atoms with Gasteiger partial charge < -0.3 is 15.5 Å². The molecule has 0 aliphatic rings. The Morgan fingerprint density at radius 3 is 2.62 bits per heavy atom. The summed E-state index contributed by atoms with van der Waals surface area (Å²) in [6.45, 7) is 5.86. The van der Waals surface area contributed by atoms with Crippen molar-refractivity contribution in [2.75, 3.05) is 37.8 Å². The normalized spacial score (nSPS) is 10.7. The fraction of sp³-hybridized carbons (Fsp3) is 0.389. The van der Waals surface area contributed by atoms with Gasteiger partial charge >= 0.3 is 0 Å². The van der Waals surface area contributed by atoms with E-state index in [4.69, 9.17) is 0 Å². The van der Waals surface area contributed by atoms with Gasteiger partial charge in [-0.15, -0.1) is 0 Å². The number of aryl methyl sites for hydroxylation is 2. The first-order valence-electron chi connectivity index (χ1n) is 8.05. The maximum Gasteiger partial charge on any atom is 0.274 e. The lowest BCUT2D eigenvalue weighted by Gasteiger charge is -2.11. The van der Waals surface area contributed by atoms with Crippen molar-refractivity contribution < 1.29 is 4.79 Å². The minimum Gasteiger partial charge on any atom is -0.370 e. The van der Waals surface area contributed by atoms with Crippen LogP contribution in [0.25, 0.3) is 0 Å². The quantitative estimate of drug-likeness (QED) is 0.765. The molecule has 0 radical (unpaired) electrons. The molecule has 0 atom stereocenters. The molecule has 128 valence electrons. The number of anilines is 2. The highest BCUT2D eigenvalue weighted by atomic mass is 16.1. The van der Waals surface area contributed by atoms with Crippen LogP contribution in [0.2, 0.25) is 0 Å². The number of amides is 1. The molecule has 0 unspecified atom stereocenters. The molecule has 0 aliphatic carbocycles. The Hall–Kier alpha value is -2.47. The van der Waals surface area contributed by atoms with Crippen molar-refractivity contribution in [3.05, 3.63) is 47.4 Å². The first-order chi connectivity index (χ1) is 11.5. The summed E-state index contributed by atoms with van der Waals surface area (Å²) in [5.74, 6) is 0.422. The van der Waals surface area contributed by atoms with Crippen molar-refractivity contribution in [1.29, 1.82) is 0 Å². The Morgan fingerprint density at radius 2 is 1.92 bits per heavy atom. The maximum atomic E-state index is 12.3. The lowest BCUT2D eigenvalue weighted by molar-refractivity contribution is 0.102. The molecule has 0 saturated carbocycles. The summed E-state index contributed by atoms with van der Waals surface area (Å²) in [5.41, 5.74) is 3.44. The molecule has 0 spiro atoms. The Bertz CT molecular complexity index is 700. The smallest absolute Gasteiger partial charge is 0.274 e. The summed E-state index contributed by atoms with van der Waals surface area (Å²) < 4.78 is 0. The lowest BCUT2D eigenvalue weighted by Crippen LogP contribution is -2.17. The van der Waals surface area contributed by atoms with Crippen molar-refractivity contribution in [2.45, 2.75) is 20.3 Å². The lowest BCUT2D eigenvalue weighted by atomic mass is 10.1. The number of carbonyl (C=O) groups excluding carboxylic acids is 1. The largest absolute Gasteiger partial charge is 0.370 e. The monoisotopic (exact) mass is 327 g/mol. The molecular formula is C18H25N5O. The van der Waals surface area contributed by atoms with E-state index in [-0.39, 0.29) is 5.91 Å². The number of carbonyl (C=O) groups is 1. The van der Waals surface area contributed by atoms with Crippen molar-refractivity contribution in [3.63, 3.8) is 0 Å². The summed E-state index contributed by atoms with van der Waals surface area (Å²) in [6, 6.07) is 7.51. The summed E-state index contributed by atoms with van der Waals surface area (Å²) >= 11 is 0. The molecule has 1 aromatic carbocycles. The van der Waals surface area contributed by atoms with Crippen LogP contribution in [0.3, 0.4) is 0 Å². The molecule has 0 aliphatic heterocycles. The minimum atomic E-state index is -0.239. The zero-order chi connectivity index (χ0) is 17.5. The number of nitrogens with one attached hydrogen (secondary N) is 2. The van der Waals surface area contributed by atoms with Gasteiger partial charge in [-0.2, -0.15) is 0 Å². The molecule has 1 aromatic heterocycles. The fourth-order valence-corrected chi connectivity index (χ4v) is 2.20. The Labute approximate surface area is 143 Å². The van der Waals surface area contributed by atoms with Gasteiger partial charge in [0.25, 0.3) is 5.91 Å². The van der Waals surface area contributed by atoms with Crippen LogP contribution < -0.4 is 10.6 Å². The minimum absolute atomic E-state index is 0.239. The second-order valence-electron chi connectivity index (χ2n) is 6.13. The van der Waals surface area contributed by atoms with E-state index in [2.05, 4.69) is 25.5 Å².